The van der Waals surface area contributed by atoms with E-state index in [-0.39, 0.29) is 11.9 Å². The molecule has 0 aliphatic rings. The zero-order chi connectivity index (χ0) is 14.3. The lowest BCUT2D eigenvalue weighted by atomic mass is 10.0. The minimum Gasteiger partial charge on any atom is -0.386 e. The normalized spacial score (nSPS) is 13.9. The molecule has 1 aromatic rings. The molecular weight excluding hydrogens is 262 g/mol. The highest BCUT2D eigenvalue weighted by molar-refractivity contribution is 6.17. The maximum absolute atomic E-state index is 12.0. The molecular formula is C15H22ClNO2. The van der Waals surface area contributed by atoms with Gasteiger partial charge >= 0.3 is 0 Å². The predicted molar refractivity (Wildman–Crippen MR) is 78.2 cm³/mol. The summed E-state index contributed by atoms with van der Waals surface area (Å²) >= 11 is 5.59. The Labute approximate surface area is 120 Å². The van der Waals surface area contributed by atoms with Crippen molar-refractivity contribution >= 4 is 17.5 Å². The molecule has 1 amide bonds. The third kappa shape index (κ3) is 4.84. The number of hydrogen-bond donors (Lipinski definition) is 1. The van der Waals surface area contributed by atoms with Gasteiger partial charge in [-0.15, -0.1) is 11.6 Å². The number of halogens is 1. The Hall–Kier alpha value is -1.06. The van der Waals surface area contributed by atoms with Gasteiger partial charge in [0.2, 0.25) is 5.91 Å². The fourth-order valence-electron chi connectivity index (χ4n) is 1.91. The van der Waals surface area contributed by atoms with Gasteiger partial charge in [-0.3, -0.25) is 4.79 Å². The second kappa shape index (κ2) is 8.18. The number of nitrogens with zero attached hydrogens (tertiary/aromatic N) is 1. The molecule has 1 N–H and O–H groups in total. The summed E-state index contributed by atoms with van der Waals surface area (Å²) in [5.41, 5.74) is 0.829. The average molecular weight is 284 g/mol. The van der Waals surface area contributed by atoms with Gasteiger partial charge < -0.3 is 10.0 Å². The van der Waals surface area contributed by atoms with Crippen molar-refractivity contribution in [2.75, 3.05) is 12.9 Å². The fourth-order valence-corrected chi connectivity index (χ4v) is 2.10. The van der Waals surface area contributed by atoms with Gasteiger partial charge in [-0.05, 0) is 25.3 Å². The van der Waals surface area contributed by atoms with Crippen LogP contribution in [0, 0.1) is 0 Å². The van der Waals surface area contributed by atoms with Crippen molar-refractivity contribution in [3.63, 3.8) is 0 Å². The van der Waals surface area contributed by atoms with Crippen LogP contribution >= 0.6 is 11.6 Å². The Morgan fingerprint density at radius 1 is 1.32 bits per heavy atom. The summed E-state index contributed by atoms with van der Waals surface area (Å²) in [5, 5.41) is 10.3. The maximum atomic E-state index is 12.0. The lowest BCUT2D eigenvalue weighted by Crippen LogP contribution is -2.38. The number of hydrogen-bond acceptors (Lipinski definition) is 2. The first-order valence-corrected chi connectivity index (χ1v) is 7.16. The van der Waals surface area contributed by atoms with E-state index in [4.69, 9.17) is 11.6 Å². The monoisotopic (exact) mass is 283 g/mol. The van der Waals surface area contributed by atoms with E-state index in [0.717, 1.165) is 18.4 Å². The van der Waals surface area contributed by atoms with Gasteiger partial charge in [-0.2, -0.15) is 0 Å². The van der Waals surface area contributed by atoms with Gasteiger partial charge in [-0.25, -0.2) is 0 Å². The van der Waals surface area contributed by atoms with Crippen LogP contribution in [0.4, 0.5) is 0 Å². The van der Waals surface area contributed by atoms with Crippen molar-refractivity contribution in [1.29, 1.82) is 0 Å². The van der Waals surface area contributed by atoms with Crippen LogP contribution in [0.5, 0.6) is 0 Å². The molecule has 1 aromatic carbocycles. The Kier molecular flexibility index (Phi) is 6.89. The van der Waals surface area contributed by atoms with E-state index >= 15 is 0 Å². The number of carbonyl (C=O) groups is 1. The molecule has 1 rings (SSSR count). The molecule has 3 nitrogen and oxygen atoms in total. The van der Waals surface area contributed by atoms with Crippen LogP contribution in [0.3, 0.4) is 0 Å². The number of aliphatic hydroxyl groups excluding tert-OH is 1. The van der Waals surface area contributed by atoms with Gasteiger partial charge in [0.25, 0.3) is 0 Å². The number of aliphatic hydroxyl groups is 1. The Balaban J connectivity index is 2.56. The maximum Gasteiger partial charge on any atom is 0.222 e. The van der Waals surface area contributed by atoms with Crippen molar-refractivity contribution < 1.29 is 9.90 Å². The lowest BCUT2D eigenvalue weighted by Gasteiger charge is -2.29. The molecule has 0 spiro atoms. The van der Waals surface area contributed by atoms with Crippen LogP contribution < -0.4 is 0 Å². The fraction of sp³-hybridized carbons (Fsp3) is 0.533. The van der Waals surface area contributed by atoms with Crippen molar-refractivity contribution in [2.24, 2.45) is 0 Å². The number of rotatable bonds is 7. The van der Waals surface area contributed by atoms with Crippen molar-refractivity contribution in [3.8, 4) is 0 Å². The number of alkyl halides is 1. The van der Waals surface area contributed by atoms with Crippen LogP contribution in [0.2, 0.25) is 0 Å². The SMILES string of the molecule is C[C@@H]([C@H](O)c1ccccc1)N(C)C(=O)CCCCCl. The highest BCUT2D eigenvalue weighted by atomic mass is 35.5. The van der Waals surface area contributed by atoms with Gasteiger partial charge in [0.15, 0.2) is 0 Å². The average Bonchev–Trinajstić information content (AvgIpc) is 2.46. The first-order valence-electron chi connectivity index (χ1n) is 6.62. The van der Waals surface area contributed by atoms with E-state index in [1.165, 1.54) is 0 Å². The van der Waals surface area contributed by atoms with Crippen LogP contribution in [0.15, 0.2) is 30.3 Å². The van der Waals surface area contributed by atoms with Crippen LogP contribution in [0.1, 0.15) is 37.9 Å². The largest absolute Gasteiger partial charge is 0.386 e. The van der Waals surface area contributed by atoms with Crippen molar-refractivity contribution in [1.82, 2.24) is 4.90 Å². The molecule has 0 unspecified atom stereocenters. The zero-order valence-electron chi connectivity index (χ0n) is 11.6. The molecule has 2 atom stereocenters. The Morgan fingerprint density at radius 2 is 1.95 bits per heavy atom. The van der Waals surface area contributed by atoms with Crippen molar-refractivity contribution in [3.05, 3.63) is 35.9 Å². The van der Waals surface area contributed by atoms with E-state index in [0.29, 0.717) is 12.3 Å². The third-order valence-electron chi connectivity index (χ3n) is 3.38. The smallest absolute Gasteiger partial charge is 0.222 e. The molecule has 0 bridgehead atoms. The molecule has 0 aliphatic heterocycles. The van der Waals surface area contributed by atoms with E-state index < -0.39 is 6.10 Å². The number of unbranched alkanes of at least 4 members (excludes halogenated alkanes) is 1. The summed E-state index contributed by atoms with van der Waals surface area (Å²) in [5.74, 6) is 0.631. The van der Waals surface area contributed by atoms with Crippen molar-refractivity contribution in [2.45, 2.75) is 38.3 Å². The lowest BCUT2D eigenvalue weighted by molar-refractivity contribution is -0.134. The molecule has 0 aromatic heterocycles. The van der Waals surface area contributed by atoms with Gasteiger partial charge in [0, 0.05) is 19.3 Å². The molecule has 0 heterocycles. The number of carbonyl (C=O) groups excluding carboxylic acids is 1. The third-order valence-corrected chi connectivity index (χ3v) is 3.64. The van der Waals surface area contributed by atoms with Crippen LogP contribution in [-0.4, -0.2) is 34.9 Å². The van der Waals surface area contributed by atoms with Gasteiger partial charge in [-0.1, -0.05) is 30.3 Å². The summed E-state index contributed by atoms with van der Waals surface area (Å²) in [6.45, 7) is 1.86. The second-order valence-corrected chi connectivity index (χ2v) is 5.12. The predicted octanol–water partition coefficient (Wildman–Crippen LogP) is 2.98. The molecule has 106 valence electrons. The Bertz CT molecular complexity index is 383. The van der Waals surface area contributed by atoms with E-state index in [1.54, 1.807) is 11.9 Å². The molecule has 0 radical (unpaired) electrons. The summed E-state index contributed by atoms with van der Waals surface area (Å²) in [6, 6.07) is 9.16. The standard InChI is InChI=1S/C15H22ClNO2/c1-12(15(19)13-8-4-3-5-9-13)17(2)14(18)10-6-7-11-16/h3-5,8-9,12,15,19H,6-7,10-11H2,1-2H3/t12-,15-/m0/s1. The summed E-state index contributed by atoms with van der Waals surface area (Å²) in [7, 11) is 1.74. The van der Waals surface area contributed by atoms with Gasteiger partial charge in [0.1, 0.15) is 0 Å². The quantitative estimate of drug-likeness (QED) is 0.617. The minimum absolute atomic E-state index is 0.0487. The first kappa shape index (κ1) is 16.0. The topological polar surface area (TPSA) is 40.5 Å². The summed E-state index contributed by atoms with van der Waals surface area (Å²) in [4.78, 5) is 13.6. The van der Waals surface area contributed by atoms with Crippen LogP contribution in [0.25, 0.3) is 0 Å². The molecule has 0 aliphatic carbocycles. The van der Waals surface area contributed by atoms with E-state index in [2.05, 4.69) is 0 Å². The number of likely N-dealkylation sites (N-methyl/N-ethyl adjacent to an activating group) is 1. The number of amides is 1. The van der Waals surface area contributed by atoms with Gasteiger partial charge in [0.05, 0.1) is 12.1 Å². The highest BCUT2D eigenvalue weighted by Gasteiger charge is 2.23. The van der Waals surface area contributed by atoms with Crippen LogP contribution in [-0.2, 0) is 4.79 Å². The molecule has 4 heteroatoms. The minimum atomic E-state index is -0.664. The Morgan fingerprint density at radius 3 is 2.53 bits per heavy atom. The molecule has 0 fully saturated rings. The zero-order valence-corrected chi connectivity index (χ0v) is 12.3. The van der Waals surface area contributed by atoms with E-state index in [9.17, 15) is 9.90 Å². The first-order chi connectivity index (χ1) is 9.07. The highest BCUT2D eigenvalue weighted by Crippen LogP contribution is 2.20. The van der Waals surface area contributed by atoms with E-state index in [1.807, 2.05) is 37.3 Å². The second-order valence-electron chi connectivity index (χ2n) is 4.75. The molecule has 19 heavy (non-hydrogen) atoms. The molecule has 0 saturated carbocycles. The number of benzene rings is 1. The molecule has 0 saturated heterocycles. The summed E-state index contributed by atoms with van der Waals surface area (Å²) in [6.07, 6.45) is 1.45. The summed E-state index contributed by atoms with van der Waals surface area (Å²) < 4.78 is 0.